The topological polar surface area (TPSA) is 40.5 Å². The highest BCUT2D eigenvalue weighted by Gasteiger charge is 2.41. The van der Waals surface area contributed by atoms with Crippen LogP contribution in [0.5, 0.6) is 0 Å². The van der Waals surface area contributed by atoms with Crippen molar-refractivity contribution in [3.63, 3.8) is 0 Å². The number of benzene rings is 1. The Hall–Kier alpha value is -1.51. The average Bonchev–Trinajstić information content (AvgIpc) is 2.49. The Bertz CT molecular complexity index is 460. The van der Waals surface area contributed by atoms with E-state index >= 15 is 0 Å². The Kier molecular flexibility index (Phi) is 4.69. The number of aliphatic carboxylic acids is 1. The molecule has 110 valence electrons. The summed E-state index contributed by atoms with van der Waals surface area (Å²) in [4.78, 5) is 14.1. The van der Waals surface area contributed by atoms with Crippen molar-refractivity contribution in [1.82, 2.24) is 0 Å². The smallest absolute Gasteiger partial charge is 0.314 e. The lowest BCUT2D eigenvalue weighted by Crippen LogP contribution is -2.38. The van der Waals surface area contributed by atoms with Crippen LogP contribution in [0, 0.1) is 0 Å². The largest absolute Gasteiger partial charge is 0.481 e. The normalized spacial score (nSPS) is 17.7. The number of hydrogen-bond acceptors (Lipinski definition) is 2. The molecule has 3 nitrogen and oxygen atoms in total. The molecule has 0 heterocycles. The molecule has 0 radical (unpaired) electrons. The highest BCUT2D eigenvalue weighted by molar-refractivity contribution is 5.82. The van der Waals surface area contributed by atoms with Gasteiger partial charge < -0.3 is 10.0 Å². The minimum Gasteiger partial charge on any atom is -0.481 e. The lowest BCUT2D eigenvalue weighted by molar-refractivity contribution is -0.145. The first-order valence-corrected chi connectivity index (χ1v) is 7.73. The molecular weight excluding hydrogens is 250 g/mol. The quantitative estimate of drug-likeness (QED) is 0.888. The number of carboxylic acid groups (broad SMARTS) is 1. The molecule has 1 fully saturated rings. The van der Waals surface area contributed by atoms with E-state index in [0.29, 0.717) is 0 Å². The third-order valence-corrected chi connectivity index (χ3v) is 4.64. The Balaban J connectivity index is 2.39. The Labute approximate surface area is 121 Å². The monoisotopic (exact) mass is 275 g/mol. The first-order valence-electron chi connectivity index (χ1n) is 7.73. The molecule has 1 aliphatic carbocycles. The van der Waals surface area contributed by atoms with E-state index in [-0.39, 0.29) is 0 Å². The molecule has 0 atom stereocenters. The highest BCUT2D eigenvalue weighted by Crippen LogP contribution is 2.40. The molecule has 1 N–H and O–H groups in total. The SMILES string of the molecule is CCN(CC)c1cccc(C2(C(=O)O)CCCCC2)c1. The van der Waals surface area contributed by atoms with Crippen LogP contribution >= 0.6 is 0 Å². The van der Waals surface area contributed by atoms with Crippen LogP contribution in [0.2, 0.25) is 0 Å². The third kappa shape index (κ3) is 2.67. The van der Waals surface area contributed by atoms with E-state index in [1.54, 1.807) is 0 Å². The molecule has 0 unspecified atom stereocenters. The minimum absolute atomic E-state index is 0.658. The molecule has 1 aromatic carbocycles. The molecule has 0 amide bonds. The van der Waals surface area contributed by atoms with Gasteiger partial charge in [0.25, 0.3) is 0 Å². The molecule has 1 aromatic rings. The first-order chi connectivity index (χ1) is 9.64. The van der Waals surface area contributed by atoms with Crippen LogP contribution < -0.4 is 4.90 Å². The van der Waals surface area contributed by atoms with Crippen molar-refractivity contribution in [2.45, 2.75) is 51.4 Å². The summed E-state index contributed by atoms with van der Waals surface area (Å²) in [5.41, 5.74) is 1.45. The maximum atomic E-state index is 11.9. The fraction of sp³-hybridized carbons (Fsp3) is 0.588. The van der Waals surface area contributed by atoms with Gasteiger partial charge in [-0.3, -0.25) is 4.79 Å². The number of hydrogen-bond donors (Lipinski definition) is 1. The fourth-order valence-electron chi connectivity index (χ4n) is 3.37. The Morgan fingerprint density at radius 2 is 1.85 bits per heavy atom. The number of rotatable bonds is 5. The molecule has 1 aliphatic rings. The van der Waals surface area contributed by atoms with Crippen molar-refractivity contribution < 1.29 is 9.90 Å². The van der Waals surface area contributed by atoms with Crippen molar-refractivity contribution in [3.05, 3.63) is 29.8 Å². The molecule has 20 heavy (non-hydrogen) atoms. The van der Waals surface area contributed by atoms with Crippen molar-refractivity contribution >= 4 is 11.7 Å². The predicted octanol–water partition coefficient (Wildman–Crippen LogP) is 3.82. The van der Waals surface area contributed by atoms with Gasteiger partial charge in [0.15, 0.2) is 0 Å². The van der Waals surface area contributed by atoms with Crippen LogP contribution in [0.3, 0.4) is 0 Å². The summed E-state index contributed by atoms with van der Waals surface area (Å²) >= 11 is 0. The second-order valence-corrected chi connectivity index (χ2v) is 5.67. The molecule has 2 rings (SSSR count). The Morgan fingerprint density at radius 1 is 1.20 bits per heavy atom. The van der Waals surface area contributed by atoms with E-state index in [1.165, 1.54) is 0 Å². The number of carboxylic acids is 1. The fourth-order valence-corrected chi connectivity index (χ4v) is 3.37. The maximum Gasteiger partial charge on any atom is 0.314 e. The van der Waals surface area contributed by atoms with Gasteiger partial charge in [-0.15, -0.1) is 0 Å². The molecule has 0 saturated heterocycles. The van der Waals surface area contributed by atoms with Crippen LogP contribution in [0.15, 0.2) is 24.3 Å². The highest BCUT2D eigenvalue weighted by atomic mass is 16.4. The predicted molar refractivity (Wildman–Crippen MR) is 82.4 cm³/mol. The number of anilines is 1. The van der Waals surface area contributed by atoms with Gasteiger partial charge in [-0.2, -0.15) is 0 Å². The van der Waals surface area contributed by atoms with E-state index in [4.69, 9.17) is 0 Å². The van der Waals surface area contributed by atoms with E-state index in [0.717, 1.165) is 56.4 Å². The van der Waals surface area contributed by atoms with Gasteiger partial charge in [0, 0.05) is 18.8 Å². The maximum absolute atomic E-state index is 11.9. The van der Waals surface area contributed by atoms with Gasteiger partial charge in [-0.25, -0.2) is 0 Å². The molecule has 3 heteroatoms. The summed E-state index contributed by atoms with van der Waals surface area (Å²) in [5.74, 6) is -0.658. The molecule has 0 aliphatic heterocycles. The second kappa shape index (κ2) is 6.29. The van der Waals surface area contributed by atoms with E-state index in [1.807, 2.05) is 12.1 Å². The molecule has 0 bridgehead atoms. The average molecular weight is 275 g/mol. The molecule has 0 spiro atoms. The standard InChI is InChI=1S/C17H25NO2/c1-3-18(4-2)15-10-8-9-14(13-15)17(16(19)20)11-6-5-7-12-17/h8-10,13H,3-7,11-12H2,1-2H3,(H,19,20). The van der Waals surface area contributed by atoms with Crippen molar-refractivity contribution in [2.24, 2.45) is 0 Å². The summed E-state index contributed by atoms with van der Waals surface area (Å²) in [7, 11) is 0. The van der Waals surface area contributed by atoms with Gasteiger partial charge in [0.1, 0.15) is 0 Å². The molecule has 1 saturated carbocycles. The summed E-state index contributed by atoms with van der Waals surface area (Å²) in [6.07, 6.45) is 4.72. The van der Waals surface area contributed by atoms with Crippen molar-refractivity contribution in [1.29, 1.82) is 0 Å². The van der Waals surface area contributed by atoms with Crippen LogP contribution in [0.4, 0.5) is 5.69 Å². The van der Waals surface area contributed by atoms with Gasteiger partial charge in [-0.05, 0) is 44.4 Å². The zero-order valence-corrected chi connectivity index (χ0v) is 12.6. The summed E-state index contributed by atoms with van der Waals surface area (Å²) in [6.45, 7) is 6.15. The van der Waals surface area contributed by atoms with Gasteiger partial charge in [0.05, 0.1) is 5.41 Å². The van der Waals surface area contributed by atoms with Crippen molar-refractivity contribution in [3.8, 4) is 0 Å². The van der Waals surface area contributed by atoms with Crippen LogP contribution in [0.25, 0.3) is 0 Å². The summed E-state index contributed by atoms with van der Waals surface area (Å²) < 4.78 is 0. The minimum atomic E-state index is -0.665. The van der Waals surface area contributed by atoms with Gasteiger partial charge in [0.2, 0.25) is 0 Å². The van der Waals surface area contributed by atoms with Gasteiger partial charge >= 0.3 is 5.97 Å². The molecule has 0 aromatic heterocycles. The third-order valence-electron chi connectivity index (χ3n) is 4.64. The lowest BCUT2D eigenvalue weighted by atomic mass is 9.69. The first kappa shape index (κ1) is 14.9. The zero-order chi connectivity index (χ0) is 14.6. The van der Waals surface area contributed by atoms with Crippen molar-refractivity contribution in [2.75, 3.05) is 18.0 Å². The summed E-state index contributed by atoms with van der Waals surface area (Å²) in [5, 5.41) is 9.77. The van der Waals surface area contributed by atoms with E-state index in [2.05, 4.69) is 30.9 Å². The van der Waals surface area contributed by atoms with E-state index < -0.39 is 11.4 Å². The second-order valence-electron chi connectivity index (χ2n) is 5.67. The molecular formula is C17H25NO2. The lowest BCUT2D eigenvalue weighted by Gasteiger charge is -2.34. The van der Waals surface area contributed by atoms with Crippen LogP contribution in [-0.2, 0) is 10.2 Å². The Morgan fingerprint density at radius 3 is 2.40 bits per heavy atom. The summed E-state index contributed by atoms with van der Waals surface area (Å²) in [6, 6.07) is 8.16. The van der Waals surface area contributed by atoms with Crippen LogP contribution in [0.1, 0.15) is 51.5 Å². The van der Waals surface area contributed by atoms with Gasteiger partial charge in [-0.1, -0.05) is 31.4 Å². The number of carbonyl (C=O) groups is 1. The van der Waals surface area contributed by atoms with Crippen LogP contribution in [-0.4, -0.2) is 24.2 Å². The number of nitrogens with zero attached hydrogens (tertiary/aromatic N) is 1. The van der Waals surface area contributed by atoms with E-state index in [9.17, 15) is 9.90 Å². The zero-order valence-electron chi connectivity index (χ0n) is 12.6.